The number of carbonyl (C=O) groups excluding carboxylic acids is 1. The zero-order valence-electron chi connectivity index (χ0n) is 9.56. The molecule has 0 unspecified atom stereocenters. The molecule has 0 aromatic rings. The lowest BCUT2D eigenvalue weighted by molar-refractivity contribution is 0.208. The second kappa shape index (κ2) is 4.04. The predicted molar refractivity (Wildman–Crippen MR) is 61.1 cm³/mol. The van der Waals surface area contributed by atoms with Crippen molar-refractivity contribution in [2.24, 2.45) is 5.73 Å². The highest BCUT2D eigenvalue weighted by Gasteiger charge is 2.28. The van der Waals surface area contributed by atoms with Crippen molar-refractivity contribution < 1.29 is 9.53 Å². The molecule has 0 bridgehead atoms. The van der Waals surface area contributed by atoms with Gasteiger partial charge in [-0.25, -0.2) is 4.79 Å². The summed E-state index contributed by atoms with van der Waals surface area (Å²) in [6.45, 7) is 3.92. The molecule has 0 atom stereocenters. The Hall–Kier alpha value is -1.71. The van der Waals surface area contributed by atoms with Crippen LogP contribution in [0, 0.1) is 0 Å². The highest BCUT2D eigenvalue weighted by atomic mass is 16.5. The average molecular weight is 220 g/mol. The Balaban J connectivity index is 2.39. The summed E-state index contributed by atoms with van der Waals surface area (Å²) in [6.07, 6.45) is 7.02. The van der Waals surface area contributed by atoms with E-state index in [0.717, 1.165) is 29.7 Å². The topological polar surface area (TPSA) is 55.6 Å². The van der Waals surface area contributed by atoms with Gasteiger partial charge in [-0.05, 0) is 38.3 Å². The summed E-state index contributed by atoms with van der Waals surface area (Å²) in [5.74, 6) is 0. The number of rotatable bonds is 2. The molecule has 2 amide bonds. The summed E-state index contributed by atoms with van der Waals surface area (Å²) in [5, 5.41) is 0. The van der Waals surface area contributed by atoms with Crippen LogP contribution in [0.5, 0.6) is 0 Å². The molecular weight excluding hydrogens is 204 g/mol. The number of hydrogen-bond acceptors (Lipinski definition) is 2. The Morgan fingerprint density at radius 2 is 2.25 bits per heavy atom. The van der Waals surface area contributed by atoms with E-state index in [2.05, 4.69) is 0 Å². The minimum atomic E-state index is -0.390. The minimum Gasteiger partial charge on any atom is -0.472 e. The van der Waals surface area contributed by atoms with Crippen molar-refractivity contribution in [2.45, 2.75) is 32.7 Å². The molecular formula is C12H16N2O2. The maximum absolute atomic E-state index is 11.4. The first-order valence-electron chi connectivity index (χ1n) is 5.44. The Labute approximate surface area is 95.0 Å². The van der Waals surface area contributed by atoms with Crippen LogP contribution < -0.4 is 5.73 Å². The van der Waals surface area contributed by atoms with E-state index in [1.54, 1.807) is 17.4 Å². The molecule has 0 radical (unpaired) electrons. The second-order valence-electron chi connectivity index (χ2n) is 4.24. The van der Waals surface area contributed by atoms with Crippen LogP contribution >= 0.6 is 0 Å². The Morgan fingerprint density at radius 3 is 2.88 bits per heavy atom. The third kappa shape index (κ3) is 1.71. The fourth-order valence-electron chi connectivity index (χ4n) is 2.21. The maximum Gasteiger partial charge on any atom is 0.319 e. The molecule has 0 saturated heterocycles. The fourth-order valence-corrected chi connectivity index (χ4v) is 2.21. The predicted octanol–water partition coefficient (Wildman–Crippen LogP) is 2.25. The number of allylic oxidation sites excluding steroid dienone is 4. The molecule has 0 aromatic heterocycles. The van der Waals surface area contributed by atoms with Crippen molar-refractivity contribution in [1.29, 1.82) is 0 Å². The number of carbonyl (C=O) groups is 1. The van der Waals surface area contributed by atoms with Crippen LogP contribution in [-0.4, -0.2) is 17.0 Å². The summed E-state index contributed by atoms with van der Waals surface area (Å²) >= 11 is 0. The molecule has 0 spiro atoms. The Bertz CT molecular complexity index is 405. The first-order valence-corrected chi connectivity index (χ1v) is 5.44. The normalized spacial score (nSPS) is 18.3. The van der Waals surface area contributed by atoms with Crippen LogP contribution in [0.1, 0.15) is 26.7 Å². The molecule has 2 aliphatic rings. The third-order valence-electron chi connectivity index (χ3n) is 2.86. The number of hydrogen-bond donors (Lipinski definition) is 1. The number of primary amides is 1. The van der Waals surface area contributed by atoms with Gasteiger partial charge in [0, 0.05) is 17.3 Å². The van der Waals surface area contributed by atoms with Crippen molar-refractivity contribution in [3.63, 3.8) is 0 Å². The van der Waals surface area contributed by atoms with Crippen LogP contribution in [0.4, 0.5) is 4.79 Å². The zero-order valence-corrected chi connectivity index (χ0v) is 9.56. The first kappa shape index (κ1) is 10.8. The van der Waals surface area contributed by atoms with Gasteiger partial charge in [-0.15, -0.1) is 0 Å². The van der Waals surface area contributed by atoms with Crippen molar-refractivity contribution >= 4 is 6.03 Å². The molecule has 4 nitrogen and oxygen atoms in total. The van der Waals surface area contributed by atoms with E-state index in [0.29, 0.717) is 0 Å². The van der Waals surface area contributed by atoms with Gasteiger partial charge >= 0.3 is 6.03 Å². The average Bonchev–Trinajstić information content (AvgIpc) is 2.61. The van der Waals surface area contributed by atoms with Gasteiger partial charge in [0.1, 0.15) is 0 Å². The molecule has 2 rings (SSSR count). The van der Waals surface area contributed by atoms with E-state index in [4.69, 9.17) is 10.5 Å². The van der Waals surface area contributed by atoms with Gasteiger partial charge in [0.25, 0.3) is 0 Å². The molecule has 1 heterocycles. The molecule has 1 aliphatic heterocycles. The second-order valence-corrected chi connectivity index (χ2v) is 4.24. The molecule has 2 N–H and O–H groups in total. The molecule has 16 heavy (non-hydrogen) atoms. The number of nitrogens with zero attached hydrogens (tertiary/aromatic N) is 1. The van der Waals surface area contributed by atoms with E-state index in [1.807, 2.05) is 19.9 Å². The van der Waals surface area contributed by atoms with Crippen LogP contribution in [-0.2, 0) is 4.74 Å². The Morgan fingerprint density at radius 1 is 1.50 bits per heavy atom. The van der Waals surface area contributed by atoms with Crippen molar-refractivity contribution in [3.05, 3.63) is 35.4 Å². The molecule has 0 fully saturated rings. The standard InChI is InChI=1S/C12H16N2O2/c1-8(2)14(12(13)15)11-4-3-9-7-16-6-5-10(9)11/h5-8H,3-4H2,1-2H3,(H2,13,15). The van der Waals surface area contributed by atoms with Gasteiger partial charge in [0.2, 0.25) is 0 Å². The Kier molecular flexibility index (Phi) is 2.73. The molecule has 1 aliphatic carbocycles. The molecule has 86 valence electrons. The zero-order chi connectivity index (χ0) is 11.7. The van der Waals surface area contributed by atoms with Gasteiger partial charge in [-0.2, -0.15) is 0 Å². The summed E-state index contributed by atoms with van der Waals surface area (Å²) in [5.41, 5.74) is 8.65. The maximum atomic E-state index is 11.4. The van der Waals surface area contributed by atoms with E-state index in [1.165, 1.54) is 0 Å². The van der Waals surface area contributed by atoms with Crippen molar-refractivity contribution in [3.8, 4) is 0 Å². The lowest BCUT2D eigenvalue weighted by Crippen LogP contribution is -2.40. The molecule has 4 heteroatoms. The van der Waals surface area contributed by atoms with E-state index < -0.39 is 6.03 Å². The van der Waals surface area contributed by atoms with E-state index in [-0.39, 0.29) is 6.04 Å². The van der Waals surface area contributed by atoms with Gasteiger partial charge in [-0.3, -0.25) is 4.90 Å². The lowest BCUT2D eigenvalue weighted by atomic mass is 10.1. The van der Waals surface area contributed by atoms with Gasteiger partial charge in [0.05, 0.1) is 12.5 Å². The number of urea groups is 1. The number of amides is 2. The highest BCUT2D eigenvalue weighted by molar-refractivity contribution is 5.75. The lowest BCUT2D eigenvalue weighted by Gasteiger charge is -2.26. The van der Waals surface area contributed by atoms with Gasteiger partial charge in [-0.1, -0.05) is 0 Å². The molecule has 0 saturated carbocycles. The summed E-state index contributed by atoms with van der Waals surface area (Å²) in [7, 11) is 0. The smallest absolute Gasteiger partial charge is 0.319 e. The minimum absolute atomic E-state index is 0.0793. The summed E-state index contributed by atoms with van der Waals surface area (Å²) in [6, 6.07) is -0.311. The quantitative estimate of drug-likeness (QED) is 0.776. The van der Waals surface area contributed by atoms with Gasteiger partial charge < -0.3 is 10.5 Å². The van der Waals surface area contributed by atoms with Crippen molar-refractivity contribution in [2.75, 3.05) is 0 Å². The van der Waals surface area contributed by atoms with Crippen LogP contribution in [0.2, 0.25) is 0 Å². The largest absolute Gasteiger partial charge is 0.472 e. The molecule has 0 aromatic carbocycles. The van der Waals surface area contributed by atoms with Crippen LogP contribution in [0.3, 0.4) is 0 Å². The first-order chi connectivity index (χ1) is 7.61. The summed E-state index contributed by atoms with van der Waals surface area (Å²) in [4.78, 5) is 13.1. The van der Waals surface area contributed by atoms with E-state index >= 15 is 0 Å². The number of nitrogens with two attached hydrogens (primary N) is 1. The fraction of sp³-hybridized carbons (Fsp3) is 0.417. The number of fused-ring (bicyclic) bond motifs is 1. The van der Waals surface area contributed by atoms with Crippen molar-refractivity contribution in [1.82, 2.24) is 4.90 Å². The monoisotopic (exact) mass is 220 g/mol. The third-order valence-corrected chi connectivity index (χ3v) is 2.86. The number of ether oxygens (including phenoxy) is 1. The highest BCUT2D eigenvalue weighted by Crippen LogP contribution is 2.36. The van der Waals surface area contributed by atoms with Crippen LogP contribution in [0.15, 0.2) is 35.4 Å². The van der Waals surface area contributed by atoms with Crippen LogP contribution in [0.25, 0.3) is 0 Å². The summed E-state index contributed by atoms with van der Waals surface area (Å²) < 4.78 is 5.12. The van der Waals surface area contributed by atoms with E-state index in [9.17, 15) is 4.79 Å². The van der Waals surface area contributed by atoms with Gasteiger partial charge in [0.15, 0.2) is 0 Å². The SMILES string of the molecule is CC(C)N(C(N)=O)C1=C2C=COC=C2CC1.